The molecule has 1 aliphatic carbocycles. The Morgan fingerprint density at radius 1 is 1.37 bits per heavy atom. The van der Waals surface area contributed by atoms with Crippen molar-refractivity contribution in [3.63, 3.8) is 0 Å². The van der Waals surface area contributed by atoms with Gasteiger partial charge in [0.15, 0.2) is 0 Å². The number of fused-ring (bicyclic) bond motifs is 1. The zero-order chi connectivity index (χ0) is 13.2. The van der Waals surface area contributed by atoms with Crippen LogP contribution < -0.4 is 0 Å². The summed E-state index contributed by atoms with van der Waals surface area (Å²) >= 11 is 6.73. The van der Waals surface area contributed by atoms with E-state index in [-0.39, 0.29) is 5.38 Å². The van der Waals surface area contributed by atoms with Gasteiger partial charge in [0.1, 0.15) is 12.2 Å². The Balaban J connectivity index is 1.86. The molecular weight excluding hydrogens is 258 g/mol. The topological polar surface area (TPSA) is 30.7 Å². The molecule has 2 aromatic rings. The van der Waals surface area contributed by atoms with Crippen LogP contribution in [0, 0.1) is 5.92 Å². The predicted octanol–water partition coefficient (Wildman–Crippen LogP) is 3.29. The number of hydrogen-bond donors (Lipinski definition) is 0. The summed E-state index contributed by atoms with van der Waals surface area (Å²) in [6, 6.07) is 8.56. The predicted molar refractivity (Wildman–Crippen MR) is 76.2 cm³/mol. The first kappa shape index (κ1) is 12.7. The lowest BCUT2D eigenvalue weighted by Crippen LogP contribution is -2.13. The van der Waals surface area contributed by atoms with E-state index in [1.807, 2.05) is 11.7 Å². The molecule has 2 atom stereocenters. The Morgan fingerprint density at radius 3 is 3.00 bits per heavy atom. The molecule has 0 fully saturated rings. The molecule has 1 aromatic carbocycles. The van der Waals surface area contributed by atoms with Crippen LogP contribution in [0.15, 0.2) is 30.6 Å². The van der Waals surface area contributed by atoms with Gasteiger partial charge in [-0.3, -0.25) is 4.68 Å². The van der Waals surface area contributed by atoms with Crippen LogP contribution >= 0.6 is 11.6 Å². The van der Waals surface area contributed by atoms with Crippen LogP contribution in [-0.4, -0.2) is 14.8 Å². The van der Waals surface area contributed by atoms with Crippen molar-refractivity contribution in [2.45, 2.75) is 31.1 Å². The Bertz CT molecular complexity index is 564. The number of benzene rings is 1. The number of hydrogen-bond acceptors (Lipinski definition) is 2. The lowest BCUT2D eigenvalue weighted by molar-refractivity contribution is 0.446. The van der Waals surface area contributed by atoms with E-state index in [1.54, 1.807) is 6.33 Å². The van der Waals surface area contributed by atoms with Crippen LogP contribution in [0.4, 0.5) is 0 Å². The Hall–Kier alpha value is -1.35. The van der Waals surface area contributed by atoms with Gasteiger partial charge >= 0.3 is 0 Å². The first-order chi connectivity index (χ1) is 9.25. The first-order valence-electron chi connectivity index (χ1n) is 6.80. The molecular formula is C15H18ClN3. The van der Waals surface area contributed by atoms with Gasteiger partial charge in [0, 0.05) is 13.5 Å². The van der Waals surface area contributed by atoms with Crippen LogP contribution in [0.2, 0.25) is 0 Å². The third kappa shape index (κ3) is 2.52. The summed E-state index contributed by atoms with van der Waals surface area (Å²) in [5.41, 5.74) is 2.71. The molecule has 0 spiro atoms. The number of halogens is 1. The van der Waals surface area contributed by atoms with Crippen molar-refractivity contribution in [1.82, 2.24) is 14.8 Å². The molecule has 0 aliphatic heterocycles. The van der Waals surface area contributed by atoms with E-state index in [9.17, 15) is 0 Å². The number of alkyl halides is 1. The van der Waals surface area contributed by atoms with Crippen LogP contribution in [0.3, 0.4) is 0 Å². The summed E-state index contributed by atoms with van der Waals surface area (Å²) in [4.78, 5) is 4.32. The van der Waals surface area contributed by atoms with Gasteiger partial charge in [-0.2, -0.15) is 5.10 Å². The lowest BCUT2D eigenvalue weighted by Gasteiger charge is -2.20. The molecule has 3 rings (SSSR count). The molecule has 0 radical (unpaired) electrons. The van der Waals surface area contributed by atoms with Gasteiger partial charge in [-0.15, -0.1) is 11.6 Å². The van der Waals surface area contributed by atoms with Crippen molar-refractivity contribution in [2.24, 2.45) is 13.0 Å². The fourth-order valence-corrected chi connectivity index (χ4v) is 3.36. The molecule has 4 heteroatoms. The smallest absolute Gasteiger partial charge is 0.138 e. The molecule has 1 heterocycles. The van der Waals surface area contributed by atoms with Crippen LogP contribution in [-0.2, 0) is 19.9 Å². The zero-order valence-electron chi connectivity index (χ0n) is 11.1. The lowest BCUT2D eigenvalue weighted by atomic mass is 9.93. The second kappa shape index (κ2) is 5.33. The van der Waals surface area contributed by atoms with Gasteiger partial charge in [-0.25, -0.2) is 4.98 Å². The number of aryl methyl sites for hydroxylation is 2. The van der Waals surface area contributed by atoms with E-state index in [4.69, 9.17) is 11.6 Å². The highest BCUT2D eigenvalue weighted by atomic mass is 35.5. The van der Waals surface area contributed by atoms with Crippen molar-refractivity contribution in [3.05, 3.63) is 47.5 Å². The standard InChI is InChI=1S/C15H18ClN3/c1-19-14(17-10-18-19)9-12-7-4-6-11-5-2-3-8-13(11)15(12)16/h2-3,5,8,10,12,15H,4,6-7,9H2,1H3. The van der Waals surface area contributed by atoms with Crippen molar-refractivity contribution in [2.75, 3.05) is 0 Å². The van der Waals surface area contributed by atoms with Crippen LogP contribution in [0.1, 0.15) is 35.2 Å². The van der Waals surface area contributed by atoms with E-state index < -0.39 is 0 Å². The van der Waals surface area contributed by atoms with E-state index in [0.717, 1.165) is 25.1 Å². The number of rotatable bonds is 2. The highest BCUT2D eigenvalue weighted by Crippen LogP contribution is 2.39. The van der Waals surface area contributed by atoms with Gasteiger partial charge in [0.2, 0.25) is 0 Å². The third-order valence-corrected chi connectivity index (χ3v) is 4.63. The molecule has 100 valence electrons. The first-order valence-corrected chi connectivity index (χ1v) is 7.24. The Kier molecular flexibility index (Phi) is 3.56. The highest BCUT2D eigenvalue weighted by molar-refractivity contribution is 6.21. The third-order valence-electron chi connectivity index (χ3n) is 4.04. The summed E-state index contributed by atoms with van der Waals surface area (Å²) in [5.74, 6) is 1.46. The summed E-state index contributed by atoms with van der Waals surface area (Å²) in [6.07, 6.45) is 6.00. The molecule has 19 heavy (non-hydrogen) atoms. The van der Waals surface area contributed by atoms with Gasteiger partial charge in [-0.1, -0.05) is 24.3 Å². The molecule has 3 nitrogen and oxygen atoms in total. The maximum absolute atomic E-state index is 6.73. The second-order valence-electron chi connectivity index (χ2n) is 5.26. The van der Waals surface area contributed by atoms with Gasteiger partial charge in [0.05, 0.1) is 5.38 Å². The number of nitrogens with zero attached hydrogens (tertiary/aromatic N) is 3. The monoisotopic (exact) mass is 275 g/mol. The van der Waals surface area contributed by atoms with Gasteiger partial charge in [0.25, 0.3) is 0 Å². The minimum Gasteiger partial charge on any atom is -0.253 e. The molecule has 2 unspecified atom stereocenters. The van der Waals surface area contributed by atoms with Crippen molar-refractivity contribution in [1.29, 1.82) is 0 Å². The average molecular weight is 276 g/mol. The molecule has 0 bridgehead atoms. The van der Waals surface area contributed by atoms with E-state index in [2.05, 4.69) is 34.3 Å². The quantitative estimate of drug-likeness (QED) is 0.622. The summed E-state index contributed by atoms with van der Waals surface area (Å²) in [7, 11) is 1.94. The Labute approximate surface area is 118 Å². The largest absolute Gasteiger partial charge is 0.253 e. The Morgan fingerprint density at radius 2 is 2.21 bits per heavy atom. The summed E-state index contributed by atoms with van der Waals surface area (Å²) < 4.78 is 1.85. The molecule has 0 saturated heterocycles. The van der Waals surface area contributed by atoms with Gasteiger partial charge in [-0.05, 0) is 36.3 Å². The van der Waals surface area contributed by atoms with Gasteiger partial charge < -0.3 is 0 Å². The maximum Gasteiger partial charge on any atom is 0.138 e. The van der Waals surface area contributed by atoms with Crippen molar-refractivity contribution in [3.8, 4) is 0 Å². The molecule has 0 saturated carbocycles. The second-order valence-corrected chi connectivity index (χ2v) is 5.73. The number of aromatic nitrogens is 3. The average Bonchev–Trinajstić information content (AvgIpc) is 2.75. The van der Waals surface area contributed by atoms with Crippen molar-refractivity contribution >= 4 is 11.6 Å². The highest BCUT2D eigenvalue weighted by Gasteiger charge is 2.27. The maximum atomic E-state index is 6.73. The fraction of sp³-hybridized carbons (Fsp3) is 0.467. The molecule has 1 aliphatic rings. The molecule has 0 amide bonds. The van der Waals surface area contributed by atoms with E-state index in [1.165, 1.54) is 17.5 Å². The normalized spacial score (nSPS) is 22.8. The van der Waals surface area contributed by atoms with Crippen molar-refractivity contribution < 1.29 is 0 Å². The van der Waals surface area contributed by atoms with E-state index in [0.29, 0.717) is 5.92 Å². The van der Waals surface area contributed by atoms with Crippen LogP contribution in [0.25, 0.3) is 0 Å². The fourth-order valence-electron chi connectivity index (χ4n) is 2.93. The summed E-state index contributed by atoms with van der Waals surface area (Å²) in [6.45, 7) is 0. The van der Waals surface area contributed by atoms with E-state index >= 15 is 0 Å². The van der Waals surface area contributed by atoms with Crippen LogP contribution in [0.5, 0.6) is 0 Å². The molecule has 1 aromatic heterocycles. The molecule has 0 N–H and O–H groups in total. The minimum atomic E-state index is 0.0791. The minimum absolute atomic E-state index is 0.0791. The summed E-state index contributed by atoms with van der Waals surface area (Å²) in [5, 5.41) is 4.22. The SMILES string of the molecule is Cn1ncnc1CC1CCCc2ccccc2C1Cl. The zero-order valence-corrected chi connectivity index (χ0v) is 11.8.